The van der Waals surface area contributed by atoms with Crippen molar-refractivity contribution in [1.82, 2.24) is 25.1 Å². The monoisotopic (exact) mass is 382 g/mol. The van der Waals surface area contributed by atoms with Crippen molar-refractivity contribution in [2.75, 3.05) is 40.3 Å². The predicted octanol–water partition coefficient (Wildman–Crippen LogP) is 1.95. The number of hydrogen-bond acceptors (Lipinski definition) is 4. The maximum Gasteiger partial charge on any atom is 0.193 e. The van der Waals surface area contributed by atoms with Crippen molar-refractivity contribution in [2.24, 2.45) is 4.99 Å². The highest BCUT2D eigenvalue weighted by atomic mass is 16.5. The Kier molecular flexibility index (Phi) is 5.92. The molecule has 28 heavy (non-hydrogen) atoms. The molecule has 0 amide bonds. The lowest BCUT2D eigenvalue weighted by atomic mass is 10.2. The number of nitrogens with zero attached hydrogens (tertiary/aromatic N) is 4. The summed E-state index contributed by atoms with van der Waals surface area (Å²) in [5.74, 6) is 1.77. The molecule has 1 aromatic heterocycles. The minimum absolute atomic E-state index is 0.216. The fourth-order valence-electron chi connectivity index (χ4n) is 4.11. The molecule has 1 aromatic carbocycles. The number of ether oxygens (including phenoxy) is 1. The van der Waals surface area contributed by atoms with Gasteiger partial charge in [-0.25, -0.2) is 4.98 Å². The first-order valence-electron chi connectivity index (χ1n) is 10.1. The molecule has 0 aliphatic carbocycles. The van der Waals surface area contributed by atoms with Gasteiger partial charge in [0.15, 0.2) is 5.96 Å². The van der Waals surface area contributed by atoms with E-state index in [2.05, 4.69) is 42.2 Å². The molecule has 2 fully saturated rings. The van der Waals surface area contributed by atoms with Crippen molar-refractivity contribution >= 4 is 5.96 Å². The highest BCUT2D eigenvalue weighted by Gasteiger charge is 2.32. The first-order valence-corrected chi connectivity index (χ1v) is 10.1. The van der Waals surface area contributed by atoms with Crippen molar-refractivity contribution in [2.45, 2.75) is 31.5 Å². The first kappa shape index (κ1) is 19.0. The molecule has 2 atom stereocenters. The second-order valence-electron chi connectivity index (χ2n) is 7.64. The highest BCUT2D eigenvalue weighted by molar-refractivity contribution is 5.79. The first-order chi connectivity index (χ1) is 13.7. The van der Waals surface area contributed by atoms with E-state index in [1.165, 1.54) is 19.4 Å². The van der Waals surface area contributed by atoms with Crippen LogP contribution in [-0.2, 0) is 11.3 Å². The third-order valence-corrected chi connectivity index (χ3v) is 5.62. The number of aromatic nitrogens is 2. The number of hydrogen-bond donors (Lipinski definition) is 2. The average Bonchev–Trinajstić information content (AvgIpc) is 3.38. The van der Waals surface area contributed by atoms with Crippen LogP contribution in [0.15, 0.2) is 41.5 Å². The summed E-state index contributed by atoms with van der Waals surface area (Å²) in [5, 5.41) is 3.46. The molecule has 7 heteroatoms. The van der Waals surface area contributed by atoms with Gasteiger partial charge in [0.2, 0.25) is 0 Å². The zero-order chi connectivity index (χ0) is 19.3. The molecule has 3 heterocycles. The Morgan fingerprint density at radius 3 is 3.07 bits per heavy atom. The number of aromatic amines is 1. The molecule has 2 aliphatic rings. The van der Waals surface area contributed by atoms with E-state index in [9.17, 15) is 0 Å². The van der Waals surface area contributed by atoms with Crippen LogP contribution in [0.5, 0.6) is 0 Å². The lowest BCUT2D eigenvalue weighted by Gasteiger charge is -2.35. The van der Waals surface area contributed by atoms with Crippen LogP contribution < -0.4 is 5.32 Å². The maximum absolute atomic E-state index is 6.04. The summed E-state index contributed by atoms with van der Waals surface area (Å²) in [4.78, 5) is 17.0. The van der Waals surface area contributed by atoms with E-state index in [0.29, 0.717) is 12.6 Å². The third kappa shape index (κ3) is 4.36. The Labute approximate surface area is 166 Å². The van der Waals surface area contributed by atoms with E-state index >= 15 is 0 Å². The number of guanidine groups is 1. The number of fused-ring (bicyclic) bond motifs is 1. The van der Waals surface area contributed by atoms with Gasteiger partial charge in [-0.3, -0.25) is 9.89 Å². The molecule has 7 nitrogen and oxygen atoms in total. The van der Waals surface area contributed by atoms with E-state index in [0.717, 1.165) is 42.7 Å². The second kappa shape index (κ2) is 8.75. The van der Waals surface area contributed by atoms with Crippen LogP contribution in [0.25, 0.3) is 11.3 Å². The number of rotatable bonds is 5. The zero-order valence-electron chi connectivity index (χ0n) is 16.8. The quantitative estimate of drug-likeness (QED) is 0.611. The second-order valence-corrected chi connectivity index (χ2v) is 7.64. The summed E-state index contributed by atoms with van der Waals surface area (Å²) < 4.78 is 6.04. The molecule has 150 valence electrons. The smallest absolute Gasteiger partial charge is 0.193 e. The van der Waals surface area contributed by atoms with Crippen LogP contribution >= 0.6 is 0 Å². The molecule has 4 rings (SSSR count). The largest absolute Gasteiger partial charge is 0.373 e. The molecule has 2 unspecified atom stereocenters. The molecular formula is C21H30N6O. The summed E-state index contributed by atoms with van der Waals surface area (Å²) >= 11 is 0. The van der Waals surface area contributed by atoms with Gasteiger partial charge in [-0.05, 0) is 24.9 Å². The van der Waals surface area contributed by atoms with Gasteiger partial charge in [0.1, 0.15) is 5.82 Å². The topological polar surface area (TPSA) is 68.8 Å². The molecule has 0 radical (unpaired) electrons. The molecular weight excluding hydrogens is 352 g/mol. The van der Waals surface area contributed by atoms with Crippen LogP contribution in [0.4, 0.5) is 0 Å². The predicted molar refractivity (Wildman–Crippen MR) is 111 cm³/mol. The number of morpholine rings is 1. The Bertz CT molecular complexity index is 789. The van der Waals surface area contributed by atoms with Crippen molar-refractivity contribution in [3.8, 4) is 11.3 Å². The summed E-state index contributed by atoms with van der Waals surface area (Å²) in [6.45, 7) is 4.51. The van der Waals surface area contributed by atoms with Gasteiger partial charge in [-0.15, -0.1) is 0 Å². The molecule has 0 saturated carbocycles. The molecule has 0 bridgehead atoms. The van der Waals surface area contributed by atoms with Gasteiger partial charge < -0.3 is 19.9 Å². The number of nitrogens with one attached hydrogen (secondary N) is 2. The Hall–Kier alpha value is -2.38. The maximum atomic E-state index is 6.04. The molecule has 2 N–H and O–H groups in total. The summed E-state index contributed by atoms with van der Waals surface area (Å²) in [6.07, 6.45) is 4.68. The van der Waals surface area contributed by atoms with Gasteiger partial charge in [0, 0.05) is 33.2 Å². The average molecular weight is 383 g/mol. The highest BCUT2D eigenvalue weighted by Crippen LogP contribution is 2.22. The third-order valence-electron chi connectivity index (χ3n) is 5.62. The Balaban J connectivity index is 1.29. The van der Waals surface area contributed by atoms with E-state index in [4.69, 9.17) is 4.74 Å². The Morgan fingerprint density at radius 2 is 2.25 bits per heavy atom. The normalized spacial score (nSPS) is 22.9. The Morgan fingerprint density at radius 1 is 1.39 bits per heavy atom. The van der Waals surface area contributed by atoms with Crippen LogP contribution in [0.2, 0.25) is 0 Å². The summed E-state index contributed by atoms with van der Waals surface area (Å²) in [6, 6.07) is 10.9. The molecule has 2 aliphatic heterocycles. The zero-order valence-corrected chi connectivity index (χ0v) is 16.8. The van der Waals surface area contributed by atoms with Gasteiger partial charge >= 0.3 is 0 Å². The number of aliphatic imine (C=N–C) groups is 1. The van der Waals surface area contributed by atoms with Crippen molar-refractivity contribution in [3.63, 3.8) is 0 Å². The molecule has 2 saturated heterocycles. The van der Waals surface area contributed by atoms with Crippen LogP contribution in [-0.4, -0.2) is 78.2 Å². The van der Waals surface area contributed by atoms with Gasteiger partial charge in [-0.1, -0.05) is 30.3 Å². The van der Waals surface area contributed by atoms with Crippen molar-refractivity contribution < 1.29 is 4.74 Å². The molecule has 0 spiro atoms. The fraction of sp³-hybridized carbons (Fsp3) is 0.524. The lowest BCUT2D eigenvalue weighted by Crippen LogP contribution is -2.51. The van der Waals surface area contributed by atoms with Gasteiger partial charge in [0.25, 0.3) is 0 Å². The summed E-state index contributed by atoms with van der Waals surface area (Å²) in [7, 11) is 3.84. The fourth-order valence-corrected chi connectivity index (χ4v) is 4.11. The van der Waals surface area contributed by atoms with Crippen LogP contribution in [0.3, 0.4) is 0 Å². The molecule has 2 aromatic rings. The van der Waals surface area contributed by atoms with E-state index in [1.807, 2.05) is 38.5 Å². The summed E-state index contributed by atoms with van der Waals surface area (Å²) in [5.41, 5.74) is 2.17. The number of imidazole rings is 1. The SMILES string of the molecule is CN=C(NCC1CN2CCCC2CO1)N(C)Cc1ncc(-c2ccccc2)[nH]1. The minimum atomic E-state index is 0.216. The minimum Gasteiger partial charge on any atom is -0.373 e. The standard InChI is InChI=1S/C21H30N6O/c1-22-21(24-11-18-13-27-10-6-9-17(27)15-28-18)26(2)14-20-23-12-19(25-20)16-7-4-3-5-8-16/h3-5,7-8,12,17-18H,6,9-11,13-15H2,1-2H3,(H,22,24)(H,23,25). The van der Waals surface area contributed by atoms with Gasteiger partial charge in [0.05, 0.1) is 31.1 Å². The number of benzene rings is 1. The van der Waals surface area contributed by atoms with E-state index < -0.39 is 0 Å². The lowest BCUT2D eigenvalue weighted by molar-refractivity contribution is -0.0454. The van der Waals surface area contributed by atoms with E-state index in [1.54, 1.807) is 0 Å². The van der Waals surface area contributed by atoms with Crippen LogP contribution in [0.1, 0.15) is 18.7 Å². The van der Waals surface area contributed by atoms with E-state index in [-0.39, 0.29) is 6.10 Å². The van der Waals surface area contributed by atoms with Gasteiger partial charge in [-0.2, -0.15) is 0 Å². The van der Waals surface area contributed by atoms with Crippen LogP contribution in [0, 0.1) is 0 Å². The van der Waals surface area contributed by atoms with Crippen molar-refractivity contribution in [3.05, 3.63) is 42.4 Å². The van der Waals surface area contributed by atoms with Crippen molar-refractivity contribution in [1.29, 1.82) is 0 Å². The number of H-pyrrole nitrogens is 1.